The van der Waals surface area contributed by atoms with Gasteiger partial charge in [0.2, 0.25) is 0 Å². The molecule has 0 N–H and O–H groups in total. The third-order valence-electron chi connectivity index (χ3n) is 1.65. The average molecular weight is 212 g/mol. The lowest BCUT2D eigenvalue weighted by atomic mass is 10.3. The van der Waals surface area contributed by atoms with Crippen molar-refractivity contribution in [3.8, 4) is 6.07 Å². The van der Waals surface area contributed by atoms with E-state index in [2.05, 4.69) is 5.10 Å². The molecule has 2 aromatic heterocycles. The van der Waals surface area contributed by atoms with Crippen molar-refractivity contribution >= 4 is 28.7 Å². The minimum Gasteiger partial charge on any atom is -0.237 e. The molecule has 2 aromatic rings. The van der Waals surface area contributed by atoms with Gasteiger partial charge in [-0.25, -0.2) is 4.52 Å². The molecule has 0 aliphatic carbocycles. The first-order chi connectivity index (χ1) is 6.22. The van der Waals surface area contributed by atoms with Gasteiger partial charge in [-0.2, -0.15) is 10.4 Å². The van der Waals surface area contributed by atoms with Crippen molar-refractivity contribution in [1.82, 2.24) is 9.61 Å². The zero-order valence-corrected chi connectivity index (χ0v) is 7.84. The second kappa shape index (κ2) is 2.91. The van der Waals surface area contributed by atoms with Gasteiger partial charge >= 0.3 is 0 Å². The molecule has 0 amide bonds. The summed E-state index contributed by atoms with van der Waals surface area (Å²) < 4.78 is 1.49. The predicted octanol–water partition coefficient (Wildman–Crippen LogP) is 2.51. The Hall–Kier alpha value is -1.24. The van der Waals surface area contributed by atoms with Crippen LogP contribution in [-0.2, 0) is 0 Å². The van der Waals surface area contributed by atoms with Crippen LogP contribution in [-0.4, -0.2) is 9.61 Å². The van der Waals surface area contributed by atoms with Crippen molar-refractivity contribution in [2.45, 2.75) is 0 Å². The van der Waals surface area contributed by atoms with Crippen molar-refractivity contribution in [2.75, 3.05) is 0 Å². The lowest BCUT2D eigenvalue weighted by Gasteiger charge is -1.97. The Morgan fingerprint density at radius 2 is 2.23 bits per heavy atom. The summed E-state index contributed by atoms with van der Waals surface area (Å²) in [6, 6.07) is 3.58. The van der Waals surface area contributed by atoms with Crippen LogP contribution in [0.5, 0.6) is 0 Å². The van der Waals surface area contributed by atoms with E-state index in [4.69, 9.17) is 28.5 Å². The number of fused-ring (bicyclic) bond motifs is 1. The van der Waals surface area contributed by atoms with Crippen molar-refractivity contribution in [1.29, 1.82) is 5.26 Å². The van der Waals surface area contributed by atoms with Crippen LogP contribution in [0.4, 0.5) is 0 Å². The van der Waals surface area contributed by atoms with Gasteiger partial charge in [-0.1, -0.05) is 23.2 Å². The molecule has 0 spiro atoms. The molecule has 0 atom stereocenters. The summed E-state index contributed by atoms with van der Waals surface area (Å²) in [4.78, 5) is 0. The van der Waals surface area contributed by atoms with Gasteiger partial charge in [-0.3, -0.25) is 0 Å². The maximum Gasteiger partial charge on any atom is 0.103 e. The summed E-state index contributed by atoms with van der Waals surface area (Å²) in [5.74, 6) is 0. The SMILES string of the molecule is N#Cc1cnn2cc(Cl)cc(Cl)c12. The fourth-order valence-corrected chi connectivity index (χ4v) is 1.69. The molecule has 64 valence electrons. The molecule has 0 saturated heterocycles. The molecule has 3 nitrogen and oxygen atoms in total. The number of hydrogen-bond donors (Lipinski definition) is 0. The van der Waals surface area contributed by atoms with E-state index in [1.165, 1.54) is 10.7 Å². The van der Waals surface area contributed by atoms with Crippen LogP contribution in [0.2, 0.25) is 10.0 Å². The molecule has 5 heteroatoms. The van der Waals surface area contributed by atoms with E-state index >= 15 is 0 Å². The highest BCUT2D eigenvalue weighted by Crippen LogP contribution is 2.23. The Kier molecular flexibility index (Phi) is 1.87. The maximum atomic E-state index is 8.72. The molecule has 0 saturated carbocycles. The van der Waals surface area contributed by atoms with Crippen LogP contribution in [0.3, 0.4) is 0 Å². The molecule has 2 rings (SSSR count). The largest absolute Gasteiger partial charge is 0.237 e. The molecule has 0 radical (unpaired) electrons. The van der Waals surface area contributed by atoms with Crippen LogP contribution in [0.1, 0.15) is 5.56 Å². The number of nitrogens with zero attached hydrogens (tertiary/aromatic N) is 3. The number of halogens is 2. The number of aromatic nitrogens is 2. The van der Waals surface area contributed by atoms with Crippen LogP contribution in [0.25, 0.3) is 5.52 Å². The molecule has 0 aliphatic rings. The molecule has 2 heterocycles. The topological polar surface area (TPSA) is 41.1 Å². The van der Waals surface area contributed by atoms with Gasteiger partial charge in [0.05, 0.1) is 21.8 Å². The van der Waals surface area contributed by atoms with Crippen LogP contribution in [0, 0.1) is 11.3 Å². The van der Waals surface area contributed by atoms with Gasteiger partial charge in [0.15, 0.2) is 0 Å². The zero-order valence-electron chi connectivity index (χ0n) is 6.33. The van der Waals surface area contributed by atoms with Crippen molar-refractivity contribution < 1.29 is 0 Å². The van der Waals surface area contributed by atoms with Gasteiger partial charge in [-0.15, -0.1) is 0 Å². The first-order valence-electron chi connectivity index (χ1n) is 3.45. The Balaban J connectivity index is 2.92. The maximum absolute atomic E-state index is 8.72. The Morgan fingerprint density at radius 1 is 1.46 bits per heavy atom. The highest BCUT2D eigenvalue weighted by molar-refractivity contribution is 6.36. The molecule has 0 aromatic carbocycles. The lowest BCUT2D eigenvalue weighted by molar-refractivity contribution is 0.961. The van der Waals surface area contributed by atoms with E-state index in [1.807, 2.05) is 6.07 Å². The number of nitriles is 1. The van der Waals surface area contributed by atoms with E-state index in [9.17, 15) is 0 Å². The fraction of sp³-hybridized carbons (Fsp3) is 0. The highest BCUT2D eigenvalue weighted by Gasteiger charge is 2.07. The monoisotopic (exact) mass is 211 g/mol. The van der Waals surface area contributed by atoms with E-state index < -0.39 is 0 Å². The molecule has 0 bridgehead atoms. The first-order valence-corrected chi connectivity index (χ1v) is 4.20. The summed E-state index contributed by atoms with van der Waals surface area (Å²) in [6.07, 6.45) is 3.06. The summed E-state index contributed by atoms with van der Waals surface area (Å²) in [5, 5.41) is 13.6. The third-order valence-corrected chi connectivity index (χ3v) is 2.15. The molecule has 0 fully saturated rings. The molecule has 13 heavy (non-hydrogen) atoms. The zero-order chi connectivity index (χ0) is 9.42. The second-order valence-electron chi connectivity index (χ2n) is 2.47. The first kappa shape index (κ1) is 8.36. The van der Waals surface area contributed by atoms with Crippen LogP contribution < -0.4 is 0 Å². The van der Waals surface area contributed by atoms with Crippen LogP contribution >= 0.6 is 23.2 Å². The van der Waals surface area contributed by atoms with Crippen molar-refractivity contribution in [3.63, 3.8) is 0 Å². The average Bonchev–Trinajstić information content (AvgIpc) is 2.47. The number of hydrogen-bond acceptors (Lipinski definition) is 2. The molecule has 0 unspecified atom stereocenters. The van der Waals surface area contributed by atoms with Gasteiger partial charge in [0, 0.05) is 6.20 Å². The highest BCUT2D eigenvalue weighted by atomic mass is 35.5. The van der Waals surface area contributed by atoms with Crippen LogP contribution in [0.15, 0.2) is 18.5 Å². The van der Waals surface area contributed by atoms with Crippen molar-refractivity contribution in [2.24, 2.45) is 0 Å². The number of rotatable bonds is 0. The summed E-state index contributed by atoms with van der Waals surface area (Å²) in [7, 11) is 0. The third kappa shape index (κ3) is 1.24. The Bertz CT molecular complexity index is 510. The second-order valence-corrected chi connectivity index (χ2v) is 3.31. The quantitative estimate of drug-likeness (QED) is 0.673. The van der Waals surface area contributed by atoms with Gasteiger partial charge in [-0.05, 0) is 6.07 Å². The summed E-state index contributed by atoms with van der Waals surface area (Å²) >= 11 is 11.6. The van der Waals surface area contributed by atoms with E-state index in [0.717, 1.165) is 0 Å². The Morgan fingerprint density at radius 3 is 2.92 bits per heavy atom. The van der Waals surface area contributed by atoms with E-state index in [0.29, 0.717) is 21.1 Å². The standard InChI is InChI=1S/C8H3Cl2N3/c9-6-1-7(10)8-5(2-11)3-12-13(8)4-6/h1,3-4H. The normalized spacial score (nSPS) is 10.2. The molecular formula is C8H3Cl2N3. The molecule has 0 aliphatic heterocycles. The van der Waals surface area contributed by atoms with Gasteiger partial charge in [0.1, 0.15) is 11.6 Å². The van der Waals surface area contributed by atoms with E-state index in [1.54, 1.807) is 12.3 Å². The fourth-order valence-electron chi connectivity index (χ4n) is 1.12. The number of pyridine rings is 1. The van der Waals surface area contributed by atoms with Crippen molar-refractivity contribution in [3.05, 3.63) is 34.1 Å². The van der Waals surface area contributed by atoms with E-state index in [-0.39, 0.29) is 0 Å². The summed E-state index contributed by atoms with van der Waals surface area (Å²) in [5.41, 5.74) is 1.04. The van der Waals surface area contributed by atoms with Gasteiger partial charge in [0.25, 0.3) is 0 Å². The smallest absolute Gasteiger partial charge is 0.103 e. The predicted molar refractivity (Wildman–Crippen MR) is 49.9 cm³/mol. The molecular weight excluding hydrogens is 209 g/mol. The summed E-state index contributed by atoms with van der Waals surface area (Å²) in [6.45, 7) is 0. The minimum absolute atomic E-state index is 0.432. The lowest BCUT2D eigenvalue weighted by Crippen LogP contribution is -1.86. The Labute approximate surface area is 84.1 Å². The van der Waals surface area contributed by atoms with Gasteiger partial charge < -0.3 is 0 Å². The minimum atomic E-state index is 0.432.